The van der Waals surface area contributed by atoms with Crippen molar-refractivity contribution in [2.24, 2.45) is 7.05 Å². The minimum absolute atomic E-state index is 0.0299. The molecule has 6 nitrogen and oxygen atoms in total. The monoisotopic (exact) mass is 353 g/mol. The molecule has 2 aromatic rings. The maximum Gasteiger partial charge on any atom is 0.387 e. The molecule has 0 unspecified atom stereocenters. The summed E-state index contributed by atoms with van der Waals surface area (Å²) in [7, 11) is 3.43. The zero-order chi connectivity index (χ0) is 18.6. The van der Waals surface area contributed by atoms with Gasteiger partial charge < -0.3 is 14.4 Å². The van der Waals surface area contributed by atoms with Gasteiger partial charge in [0.2, 0.25) is 0 Å². The minimum atomic E-state index is -2.93. The normalized spacial score (nSPS) is 10.8. The Hall–Kier alpha value is -2.64. The lowest BCUT2D eigenvalue weighted by Crippen LogP contribution is -2.26. The molecule has 0 saturated heterocycles. The van der Waals surface area contributed by atoms with Crippen LogP contribution < -0.4 is 9.47 Å². The van der Waals surface area contributed by atoms with Crippen LogP contribution >= 0.6 is 0 Å². The molecule has 0 aliphatic rings. The number of hydrogen-bond donors (Lipinski definition) is 0. The average molecular weight is 353 g/mol. The standard InChI is InChI=1S/C17H21F2N3O3/c1-5-24-15-8-12(6-7-14(15)25-17(18)19)10-21(3)16(23)13-9-20-22(4)11(13)2/h6-9,17H,5,10H2,1-4H3. The molecule has 0 fully saturated rings. The number of amides is 1. The van der Waals surface area contributed by atoms with Crippen LogP contribution in [-0.4, -0.2) is 40.9 Å². The number of aromatic nitrogens is 2. The Balaban J connectivity index is 2.17. The molecule has 0 saturated carbocycles. The molecular formula is C17H21F2N3O3. The Morgan fingerprint density at radius 1 is 1.36 bits per heavy atom. The fourth-order valence-corrected chi connectivity index (χ4v) is 2.37. The fourth-order valence-electron chi connectivity index (χ4n) is 2.37. The minimum Gasteiger partial charge on any atom is -0.490 e. The van der Waals surface area contributed by atoms with Gasteiger partial charge in [-0.1, -0.05) is 6.07 Å². The van der Waals surface area contributed by atoms with Crippen molar-refractivity contribution in [2.45, 2.75) is 27.0 Å². The van der Waals surface area contributed by atoms with Gasteiger partial charge >= 0.3 is 6.61 Å². The Morgan fingerprint density at radius 3 is 2.64 bits per heavy atom. The second-order valence-electron chi connectivity index (χ2n) is 5.52. The Kier molecular flexibility index (Phi) is 5.95. The fraction of sp³-hybridized carbons (Fsp3) is 0.412. The van der Waals surface area contributed by atoms with Gasteiger partial charge in [0.05, 0.1) is 18.4 Å². The van der Waals surface area contributed by atoms with Gasteiger partial charge in [0.25, 0.3) is 5.91 Å². The van der Waals surface area contributed by atoms with Crippen LogP contribution in [0.1, 0.15) is 28.5 Å². The second kappa shape index (κ2) is 7.96. The highest BCUT2D eigenvalue weighted by atomic mass is 19.3. The molecule has 8 heteroatoms. The summed E-state index contributed by atoms with van der Waals surface area (Å²) >= 11 is 0. The number of hydrogen-bond acceptors (Lipinski definition) is 4. The number of halogens is 2. The van der Waals surface area contributed by atoms with E-state index in [1.54, 1.807) is 37.8 Å². The van der Waals surface area contributed by atoms with Crippen molar-refractivity contribution >= 4 is 5.91 Å². The number of ether oxygens (including phenoxy) is 2. The third kappa shape index (κ3) is 4.46. The molecule has 136 valence electrons. The highest BCUT2D eigenvalue weighted by Gasteiger charge is 2.18. The van der Waals surface area contributed by atoms with E-state index in [0.717, 1.165) is 11.3 Å². The van der Waals surface area contributed by atoms with Crippen molar-refractivity contribution in [3.05, 3.63) is 41.2 Å². The molecule has 1 heterocycles. The number of rotatable bonds is 7. The first-order valence-electron chi connectivity index (χ1n) is 7.78. The molecule has 2 rings (SSSR count). The molecule has 0 radical (unpaired) electrons. The van der Waals surface area contributed by atoms with E-state index in [4.69, 9.17) is 4.74 Å². The maximum absolute atomic E-state index is 12.5. The van der Waals surface area contributed by atoms with Gasteiger partial charge in [-0.25, -0.2) is 0 Å². The Labute approximate surface area is 144 Å². The van der Waals surface area contributed by atoms with Gasteiger partial charge in [-0.05, 0) is 31.5 Å². The summed E-state index contributed by atoms with van der Waals surface area (Å²) in [5.74, 6) is 0.0212. The molecular weight excluding hydrogens is 332 g/mol. The summed E-state index contributed by atoms with van der Waals surface area (Å²) in [6.07, 6.45) is 1.53. The molecule has 25 heavy (non-hydrogen) atoms. The van der Waals surface area contributed by atoms with Gasteiger partial charge in [-0.15, -0.1) is 0 Å². The number of nitrogens with zero attached hydrogens (tertiary/aromatic N) is 3. The summed E-state index contributed by atoms with van der Waals surface area (Å²) in [5.41, 5.74) is 2.03. The van der Waals surface area contributed by atoms with Crippen LogP contribution in [0.2, 0.25) is 0 Å². The van der Waals surface area contributed by atoms with E-state index in [-0.39, 0.29) is 17.4 Å². The first kappa shape index (κ1) is 18.7. The summed E-state index contributed by atoms with van der Waals surface area (Å²) in [6.45, 7) is 1.25. The van der Waals surface area contributed by atoms with Crippen LogP contribution in [0.3, 0.4) is 0 Å². The molecule has 0 N–H and O–H groups in total. The predicted molar refractivity (Wildman–Crippen MR) is 88.0 cm³/mol. The molecule has 1 amide bonds. The van der Waals surface area contributed by atoms with Crippen molar-refractivity contribution in [2.75, 3.05) is 13.7 Å². The molecule has 0 bridgehead atoms. The molecule has 0 atom stereocenters. The first-order chi connectivity index (χ1) is 11.8. The predicted octanol–water partition coefficient (Wildman–Crippen LogP) is 3.00. The van der Waals surface area contributed by atoms with E-state index in [2.05, 4.69) is 9.84 Å². The van der Waals surface area contributed by atoms with Crippen molar-refractivity contribution < 1.29 is 23.0 Å². The summed E-state index contributed by atoms with van der Waals surface area (Å²) in [4.78, 5) is 14.1. The summed E-state index contributed by atoms with van der Waals surface area (Å²) < 4.78 is 36.3. The van der Waals surface area contributed by atoms with Gasteiger partial charge in [0, 0.05) is 26.3 Å². The third-order valence-electron chi connectivity index (χ3n) is 3.76. The SMILES string of the molecule is CCOc1cc(CN(C)C(=O)c2cnn(C)c2C)ccc1OC(F)F. The Morgan fingerprint density at radius 2 is 2.08 bits per heavy atom. The average Bonchev–Trinajstić information content (AvgIpc) is 2.88. The van der Waals surface area contributed by atoms with E-state index < -0.39 is 6.61 Å². The van der Waals surface area contributed by atoms with Crippen LogP contribution in [-0.2, 0) is 13.6 Å². The zero-order valence-electron chi connectivity index (χ0n) is 14.6. The maximum atomic E-state index is 12.5. The largest absolute Gasteiger partial charge is 0.490 e. The van der Waals surface area contributed by atoms with E-state index in [9.17, 15) is 13.6 Å². The summed E-state index contributed by atoms with van der Waals surface area (Å²) in [5, 5.41) is 4.07. The van der Waals surface area contributed by atoms with Crippen molar-refractivity contribution in [1.82, 2.24) is 14.7 Å². The van der Waals surface area contributed by atoms with Crippen LogP contribution in [0.15, 0.2) is 24.4 Å². The highest BCUT2D eigenvalue weighted by molar-refractivity contribution is 5.94. The molecule has 0 aliphatic carbocycles. The lowest BCUT2D eigenvalue weighted by atomic mass is 10.1. The molecule has 0 spiro atoms. The molecule has 1 aromatic heterocycles. The third-order valence-corrected chi connectivity index (χ3v) is 3.76. The van der Waals surface area contributed by atoms with Crippen LogP contribution in [0.4, 0.5) is 8.78 Å². The number of carbonyl (C=O) groups excluding carboxylic acids is 1. The van der Waals surface area contributed by atoms with Gasteiger partial charge in [0.1, 0.15) is 0 Å². The smallest absolute Gasteiger partial charge is 0.387 e. The molecule has 0 aliphatic heterocycles. The zero-order valence-corrected chi connectivity index (χ0v) is 14.6. The van der Waals surface area contributed by atoms with E-state index in [0.29, 0.717) is 18.7 Å². The number of alkyl halides is 2. The van der Waals surface area contributed by atoms with Crippen LogP contribution in [0.5, 0.6) is 11.5 Å². The number of benzene rings is 1. The lowest BCUT2D eigenvalue weighted by molar-refractivity contribution is -0.0514. The van der Waals surface area contributed by atoms with E-state index >= 15 is 0 Å². The Bertz CT molecular complexity index is 747. The van der Waals surface area contributed by atoms with Gasteiger partial charge in [-0.3, -0.25) is 9.48 Å². The first-order valence-corrected chi connectivity index (χ1v) is 7.78. The topological polar surface area (TPSA) is 56.6 Å². The summed E-state index contributed by atoms with van der Waals surface area (Å²) in [6, 6.07) is 4.64. The number of aryl methyl sites for hydroxylation is 1. The van der Waals surface area contributed by atoms with Crippen molar-refractivity contribution in [1.29, 1.82) is 0 Å². The van der Waals surface area contributed by atoms with E-state index in [1.165, 1.54) is 17.2 Å². The van der Waals surface area contributed by atoms with Crippen LogP contribution in [0, 0.1) is 6.92 Å². The van der Waals surface area contributed by atoms with Gasteiger partial charge in [0.15, 0.2) is 11.5 Å². The number of carbonyl (C=O) groups is 1. The molecule has 1 aromatic carbocycles. The van der Waals surface area contributed by atoms with Crippen LogP contribution in [0.25, 0.3) is 0 Å². The quantitative estimate of drug-likeness (QED) is 0.768. The lowest BCUT2D eigenvalue weighted by Gasteiger charge is -2.18. The highest BCUT2D eigenvalue weighted by Crippen LogP contribution is 2.30. The van der Waals surface area contributed by atoms with Crippen molar-refractivity contribution in [3.8, 4) is 11.5 Å². The van der Waals surface area contributed by atoms with Crippen molar-refractivity contribution in [3.63, 3.8) is 0 Å². The second-order valence-corrected chi connectivity index (χ2v) is 5.52. The van der Waals surface area contributed by atoms with E-state index in [1.807, 2.05) is 6.92 Å². The van der Waals surface area contributed by atoms with Gasteiger partial charge in [-0.2, -0.15) is 13.9 Å².